The summed E-state index contributed by atoms with van der Waals surface area (Å²) in [6.45, 7) is 0.608. The Morgan fingerprint density at radius 2 is 2.07 bits per heavy atom. The maximum absolute atomic E-state index is 13.6. The third kappa shape index (κ3) is 3.88. The van der Waals surface area contributed by atoms with E-state index in [0.29, 0.717) is 17.9 Å². The van der Waals surface area contributed by atoms with E-state index in [1.54, 1.807) is 30.6 Å². The number of nitrogens with one attached hydrogen (secondary N) is 1. The molecule has 0 aliphatic carbocycles. The standard InChI is InChI=1S/C22H19FN2O2/c23-17-6-3-5-16(12-17)18-8-10-24-14-20(18)25-22(26)13-21-19-7-2-1-4-15(19)9-11-27-21/h1-8,10,12,14,21H,9,11,13H2,(H,25,26)/t21-/m1/s1. The second-order valence-electron chi connectivity index (χ2n) is 6.49. The quantitative estimate of drug-likeness (QED) is 0.742. The molecule has 4 rings (SSSR count). The van der Waals surface area contributed by atoms with Crippen molar-refractivity contribution in [2.45, 2.75) is 18.9 Å². The van der Waals surface area contributed by atoms with Crippen LogP contribution in [0.25, 0.3) is 11.1 Å². The number of nitrogens with zero attached hydrogens (tertiary/aromatic N) is 1. The fourth-order valence-electron chi connectivity index (χ4n) is 3.42. The number of rotatable bonds is 4. The van der Waals surface area contributed by atoms with Gasteiger partial charge in [0.1, 0.15) is 5.82 Å². The predicted octanol–water partition coefficient (Wildman–Crippen LogP) is 4.53. The molecule has 0 saturated carbocycles. The Bertz CT molecular complexity index is 974. The highest BCUT2D eigenvalue weighted by Crippen LogP contribution is 2.31. The lowest BCUT2D eigenvalue weighted by molar-refractivity contribution is -0.119. The maximum atomic E-state index is 13.6. The number of carbonyl (C=O) groups is 1. The number of halogens is 1. The molecule has 2 heterocycles. The van der Waals surface area contributed by atoms with E-state index in [1.807, 2.05) is 18.2 Å². The van der Waals surface area contributed by atoms with Crippen LogP contribution in [0.4, 0.5) is 10.1 Å². The predicted molar refractivity (Wildman–Crippen MR) is 102 cm³/mol. The fraction of sp³-hybridized carbons (Fsp3) is 0.182. The summed E-state index contributed by atoms with van der Waals surface area (Å²) in [4.78, 5) is 16.7. The lowest BCUT2D eigenvalue weighted by Crippen LogP contribution is -2.22. The number of pyridine rings is 1. The molecular formula is C22H19FN2O2. The number of hydrogen-bond acceptors (Lipinski definition) is 3. The molecule has 0 spiro atoms. The first-order valence-electron chi connectivity index (χ1n) is 8.90. The van der Waals surface area contributed by atoms with E-state index in [2.05, 4.69) is 16.4 Å². The van der Waals surface area contributed by atoms with Gasteiger partial charge in [0.15, 0.2) is 0 Å². The summed E-state index contributed by atoms with van der Waals surface area (Å²) in [6.07, 6.45) is 4.02. The molecule has 4 nitrogen and oxygen atoms in total. The highest BCUT2D eigenvalue weighted by Gasteiger charge is 2.23. The van der Waals surface area contributed by atoms with Crippen molar-refractivity contribution >= 4 is 11.6 Å². The Balaban J connectivity index is 1.53. The zero-order valence-electron chi connectivity index (χ0n) is 14.7. The molecule has 0 unspecified atom stereocenters. The Hall–Kier alpha value is -3.05. The number of carbonyl (C=O) groups excluding carboxylic acids is 1. The summed E-state index contributed by atoms with van der Waals surface area (Å²) in [5.74, 6) is -0.490. The van der Waals surface area contributed by atoms with Gasteiger partial charge in [0.25, 0.3) is 0 Å². The van der Waals surface area contributed by atoms with Gasteiger partial charge in [-0.1, -0.05) is 36.4 Å². The average molecular weight is 362 g/mol. The topological polar surface area (TPSA) is 51.2 Å². The summed E-state index contributed by atoms with van der Waals surface area (Å²) >= 11 is 0. The van der Waals surface area contributed by atoms with E-state index in [4.69, 9.17) is 4.74 Å². The minimum atomic E-state index is -0.325. The van der Waals surface area contributed by atoms with E-state index in [9.17, 15) is 9.18 Å². The highest BCUT2D eigenvalue weighted by atomic mass is 19.1. The molecule has 1 aromatic heterocycles. The molecule has 1 N–H and O–H groups in total. The van der Waals surface area contributed by atoms with Gasteiger partial charge in [0.2, 0.25) is 5.91 Å². The van der Waals surface area contributed by atoms with Crippen LogP contribution in [0.3, 0.4) is 0 Å². The van der Waals surface area contributed by atoms with Crippen LogP contribution < -0.4 is 5.32 Å². The Labute approximate surface area is 157 Å². The van der Waals surface area contributed by atoms with E-state index in [0.717, 1.165) is 17.5 Å². The van der Waals surface area contributed by atoms with Crippen LogP contribution in [0.5, 0.6) is 0 Å². The maximum Gasteiger partial charge on any atom is 0.227 e. The first-order chi connectivity index (χ1) is 13.2. The van der Waals surface area contributed by atoms with E-state index >= 15 is 0 Å². The van der Waals surface area contributed by atoms with Gasteiger partial charge >= 0.3 is 0 Å². The van der Waals surface area contributed by atoms with Crippen molar-refractivity contribution in [2.24, 2.45) is 0 Å². The molecule has 1 aliphatic heterocycles. The van der Waals surface area contributed by atoms with Crippen molar-refractivity contribution in [1.82, 2.24) is 4.98 Å². The largest absolute Gasteiger partial charge is 0.373 e. The zero-order valence-corrected chi connectivity index (χ0v) is 14.7. The molecule has 136 valence electrons. The third-order valence-corrected chi connectivity index (χ3v) is 4.69. The molecule has 1 atom stereocenters. The molecule has 27 heavy (non-hydrogen) atoms. The SMILES string of the molecule is O=C(C[C@H]1OCCc2ccccc21)Nc1cnccc1-c1cccc(F)c1. The molecule has 3 aromatic rings. The van der Waals surface area contributed by atoms with Gasteiger partial charge < -0.3 is 10.1 Å². The summed E-state index contributed by atoms with van der Waals surface area (Å²) in [5, 5.41) is 2.90. The number of fused-ring (bicyclic) bond motifs is 1. The van der Waals surface area contributed by atoms with Crippen LogP contribution in [0, 0.1) is 5.82 Å². The number of hydrogen-bond donors (Lipinski definition) is 1. The van der Waals surface area contributed by atoms with Crippen LogP contribution in [0.1, 0.15) is 23.7 Å². The molecule has 0 saturated heterocycles. The Kier molecular flexibility index (Phi) is 4.94. The number of anilines is 1. The van der Waals surface area contributed by atoms with Crippen molar-refractivity contribution in [3.63, 3.8) is 0 Å². The van der Waals surface area contributed by atoms with Gasteiger partial charge in [-0.3, -0.25) is 9.78 Å². The molecule has 1 amide bonds. The molecule has 0 bridgehead atoms. The van der Waals surface area contributed by atoms with Crippen LogP contribution in [0.15, 0.2) is 67.0 Å². The van der Waals surface area contributed by atoms with E-state index in [-0.39, 0.29) is 24.2 Å². The Morgan fingerprint density at radius 3 is 2.96 bits per heavy atom. The normalized spacial score (nSPS) is 15.8. The van der Waals surface area contributed by atoms with Crippen molar-refractivity contribution in [3.8, 4) is 11.1 Å². The minimum Gasteiger partial charge on any atom is -0.373 e. The van der Waals surface area contributed by atoms with Gasteiger partial charge in [-0.15, -0.1) is 0 Å². The summed E-state index contributed by atoms with van der Waals surface area (Å²) in [7, 11) is 0. The summed E-state index contributed by atoms with van der Waals surface area (Å²) in [5.41, 5.74) is 4.26. The average Bonchev–Trinajstić information content (AvgIpc) is 2.69. The second kappa shape index (κ2) is 7.68. The van der Waals surface area contributed by atoms with Crippen LogP contribution in [-0.4, -0.2) is 17.5 Å². The van der Waals surface area contributed by atoms with Gasteiger partial charge in [-0.25, -0.2) is 4.39 Å². The van der Waals surface area contributed by atoms with Crippen LogP contribution in [0.2, 0.25) is 0 Å². The molecule has 0 fully saturated rings. The molecule has 0 radical (unpaired) electrons. The lowest BCUT2D eigenvalue weighted by atomic mass is 9.95. The summed E-state index contributed by atoms with van der Waals surface area (Å²) in [6, 6.07) is 16.1. The number of amides is 1. The minimum absolute atomic E-state index is 0.164. The number of benzene rings is 2. The molecule has 2 aromatic carbocycles. The van der Waals surface area contributed by atoms with Gasteiger partial charge in [-0.2, -0.15) is 0 Å². The smallest absolute Gasteiger partial charge is 0.227 e. The molecule has 5 heteroatoms. The molecule has 1 aliphatic rings. The highest BCUT2D eigenvalue weighted by molar-refractivity contribution is 5.95. The van der Waals surface area contributed by atoms with Crippen LogP contribution >= 0.6 is 0 Å². The Morgan fingerprint density at radius 1 is 1.19 bits per heavy atom. The van der Waals surface area contributed by atoms with E-state index in [1.165, 1.54) is 17.7 Å². The molecular weight excluding hydrogens is 343 g/mol. The van der Waals surface area contributed by atoms with E-state index < -0.39 is 0 Å². The fourth-order valence-corrected chi connectivity index (χ4v) is 3.42. The number of ether oxygens (including phenoxy) is 1. The van der Waals surface area contributed by atoms with Gasteiger partial charge in [0.05, 0.1) is 31.0 Å². The van der Waals surface area contributed by atoms with Crippen LogP contribution in [-0.2, 0) is 16.0 Å². The monoisotopic (exact) mass is 362 g/mol. The second-order valence-corrected chi connectivity index (χ2v) is 6.49. The first-order valence-corrected chi connectivity index (χ1v) is 8.90. The van der Waals surface area contributed by atoms with Crippen molar-refractivity contribution in [2.75, 3.05) is 11.9 Å². The first kappa shape index (κ1) is 17.4. The van der Waals surface area contributed by atoms with Crippen molar-refractivity contribution in [1.29, 1.82) is 0 Å². The number of aromatic nitrogens is 1. The van der Waals surface area contributed by atoms with Crippen molar-refractivity contribution < 1.29 is 13.9 Å². The third-order valence-electron chi connectivity index (χ3n) is 4.69. The van der Waals surface area contributed by atoms with Gasteiger partial charge in [-0.05, 0) is 41.3 Å². The summed E-state index contributed by atoms with van der Waals surface area (Å²) < 4.78 is 19.4. The van der Waals surface area contributed by atoms with Gasteiger partial charge in [0, 0.05) is 11.8 Å². The lowest BCUT2D eigenvalue weighted by Gasteiger charge is -2.25. The zero-order chi connectivity index (χ0) is 18.6. The van der Waals surface area contributed by atoms with Crippen molar-refractivity contribution in [3.05, 3.63) is 83.9 Å².